The second-order valence-corrected chi connectivity index (χ2v) is 6.76. The van der Waals surface area contributed by atoms with Gasteiger partial charge >= 0.3 is 6.18 Å². The summed E-state index contributed by atoms with van der Waals surface area (Å²) in [5.74, 6) is -0.396. The van der Waals surface area contributed by atoms with Gasteiger partial charge in [-0.1, -0.05) is 36.4 Å². The van der Waals surface area contributed by atoms with Crippen LogP contribution in [0.1, 0.15) is 40.3 Å². The van der Waals surface area contributed by atoms with Crippen molar-refractivity contribution in [3.63, 3.8) is 0 Å². The summed E-state index contributed by atoms with van der Waals surface area (Å²) in [6.45, 7) is 0.157. The van der Waals surface area contributed by atoms with E-state index in [4.69, 9.17) is 0 Å². The second kappa shape index (κ2) is 7.57. The maximum absolute atomic E-state index is 13.7. The number of anilines is 1. The van der Waals surface area contributed by atoms with E-state index in [1.807, 2.05) is 6.07 Å². The Bertz CT molecular complexity index is 988. The van der Waals surface area contributed by atoms with Crippen LogP contribution in [0.15, 0.2) is 60.8 Å². The second-order valence-electron chi connectivity index (χ2n) is 6.76. The van der Waals surface area contributed by atoms with Crippen LogP contribution in [0.4, 0.5) is 19.0 Å². The van der Waals surface area contributed by atoms with E-state index in [-0.39, 0.29) is 24.5 Å². The lowest BCUT2D eigenvalue weighted by Gasteiger charge is -2.33. The number of aromatic nitrogens is 3. The molecular weight excluding hydrogens is 383 g/mol. The van der Waals surface area contributed by atoms with Gasteiger partial charge in [-0.25, -0.2) is 4.68 Å². The number of carbonyl (C=O) groups is 1. The van der Waals surface area contributed by atoms with Gasteiger partial charge in [0, 0.05) is 18.7 Å². The summed E-state index contributed by atoms with van der Waals surface area (Å²) in [4.78, 5) is 16.5. The van der Waals surface area contributed by atoms with Crippen LogP contribution in [0.3, 0.4) is 0 Å². The number of nitrogens with zero attached hydrogens (tertiary/aromatic N) is 3. The standard InChI is InChI=1S/C20H18F3N5O/c21-20(22,23)17-10-15(13-6-2-1-3-7-13)26-18-11-16(27-28(17)18)19(29)25-12-14-8-4-5-9-24-14/h1-9,11,15,17,26H,10,12H2,(H,25,29). The number of hydrogen-bond donors (Lipinski definition) is 2. The lowest BCUT2D eigenvalue weighted by atomic mass is 9.97. The van der Waals surface area contributed by atoms with Crippen LogP contribution in [-0.2, 0) is 6.54 Å². The molecular formula is C20H18F3N5O. The molecule has 0 saturated carbocycles. The number of halogens is 3. The summed E-state index contributed by atoms with van der Waals surface area (Å²) < 4.78 is 41.9. The third-order valence-corrected chi connectivity index (χ3v) is 4.78. The largest absolute Gasteiger partial charge is 0.410 e. The van der Waals surface area contributed by atoms with E-state index in [9.17, 15) is 18.0 Å². The van der Waals surface area contributed by atoms with Gasteiger partial charge in [-0.15, -0.1) is 0 Å². The zero-order valence-corrected chi connectivity index (χ0v) is 15.2. The summed E-state index contributed by atoms with van der Waals surface area (Å²) in [5, 5.41) is 9.65. The number of carbonyl (C=O) groups excluding carboxylic acids is 1. The lowest BCUT2D eigenvalue weighted by molar-refractivity contribution is -0.173. The van der Waals surface area contributed by atoms with E-state index >= 15 is 0 Å². The van der Waals surface area contributed by atoms with Crippen LogP contribution in [0.5, 0.6) is 0 Å². The smallest absolute Gasteiger partial charge is 0.363 e. The van der Waals surface area contributed by atoms with Crippen molar-refractivity contribution < 1.29 is 18.0 Å². The Morgan fingerprint density at radius 1 is 1.17 bits per heavy atom. The lowest BCUT2D eigenvalue weighted by Crippen LogP contribution is -2.35. The number of amides is 1. The molecule has 150 valence electrons. The zero-order chi connectivity index (χ0) is 20.4. The SMILES string of the molecule is O=C(NCc1ccccn1)c1cc2n(n1)C(C(F)(F)F)CC(c1ccccc1)N2. The van der Waals surface area contributed by atoms with Gasteiger partial charge < -0.3 is 10.6 Å². The minimum atomic E-state index is -4.49. The van der Waals surface area contributed by atoms with E-state index < -0.39 is 24.2 Å². The normalized spacial score (nSPS) is 18.6. The maximum Gasteiger partial charge on any atom is 0.410 e. The predicted octanol–water partition coefficient (Wildman–Crippen LogP) is 3.87. The molecule has 0 radical (unpaired) electrons. The van der Waals surface area contributed by atoms with Crippen molar-refractivity contribution in [1.82, 2.24) is 20.1 Å². The Balaban J connectivity index is 1.58. The van der Waals surface area contributed by atoms with Crippen LogP contribution in [0.2, 0.25) is 0 Å². The molecule has 2 aromatic heterocycles. The maximum atomic E-state index is 13.7. The van der Waals surface area contributed by atoms with Gasteiger partial charge in [0.2, 0.25) is 0 Å². The Morgan fingerprint density at radius 3 is 2.62 bits per heavy atom. The Kier molecular flexibility index (Phi) is 4.96. The molecule has 1 aliphatic rings. The average Bonchev–Trinajstić information content (AvgIpc) is 3.16. The van der Waals surface area contributed by atoms with Gasteiger partial charge in [-0.2, -0.15) is 18.3 Å². The van der Waals surface area contributed by atoms with Crippen molar-refractivity contribution in [2.24, 2.45) is 0 Å². The third kappa shape index (κ3) is 4.08. The molecule has 1 amide bonds. The quantitative estimate of drug-likeness (QED) is 0.696. The van der Waals surface area contributed by atoms with Gasteiger partial charge in [-0.05, 0) is 17.7 Å². The highest BCUT2D eigenvalue weighted by Gasteiger charge is 2.46. The van der Waals surface area contributed by atoms with E-state index in [1.54, 1.807) is 48.7 Å². The van der Waals surface area contributed by atoms with Gasteiger partial charge in [-0.3, -0.25) is 9.78 Å². The molecule has 0 saturated heterocycles. The zero-order valence-electron chi connectivity index (χ0n) is 15.2. The minimum absolute atomic E-state index is 0.0774. The molecule has 29 heavy (non-hydrogen) atoms. The molecule has 3 heterocycles. The van der Waals surface area contributed by atoms with Crippen LogP contribution in [0.25, 0.3) is 0 Å². The highest BCUT2D eigenvalue weighted by molar-refractivity contribution is 5.93. The first kappa shape index (κ1) is 19.0. The fraction of sp³-hybridized carbons (Fsp3) is 0.250. The molecule has 1 aliphatic heterocycles. The first-order valence-corrected chi connectivity index (χ1v) is 9.07. The van der Waals surface area contributed by atoms with Gasteiger partial charge in [0.15, 0.2) is 11.7 Å². The van der Waals surface area contributed by atoms with E-state index in [0.717, 1.165) is 10.2 Å². The first-order valence-electron chi connectivity index (χ1n) is 9.07. The molecule has 0 fully saturated rings. The molecule has 2 N–H and O–H groups in total. The number of fused-ring (bicyclic) bond motifs is 1. The van der Waals surface area contributed by atoms with Gasteiger partial charge in [0.25, 0.3) is 5.91 Å². The number of hydrogen-bond acceptors (Lipinski definition) is 4. The van der Waals surface area contributed by atoms with Crippen molar-refractivity contribution in [1.29, 1.82) is 0 Å². The Morgan fingerprint density at radius 2 is 1.93 bits per heavy atom. The fourth-order valence-electron chi connectivity index (χ4n) is 3.35. The summed E-state index contributed by atoms with van der Waals surface area (Å²) in [5.41, 5.74) is 1.31. The van der Waals surface area contributed by atoms with Crippen molar-refractivity contribution >= 4 is 11.7 Å². The number of nitrogens with one attached hydrogen (secondary N) is 2. The molecule has 1 aromatic carbocycles. The van der Waals surface area contributed by atoms with E-state index in [2.05, 4.69) is 20.7 Å². The molecule has 9 heteroatoms. The average molecular weight is 401 g/mol. The van der Waals surface area contributed by atoms with Crippen LogP contribution in [-0.4, -0.2) is 26.8 Å². The van der Waals surface area contributed by atoms with Crippen molar-refractivity contribution in [3.05, 3.63) is 77.7 Å². The molecule has 0 aliphatic carbocycles. The number of pyridine rings is 1. The predicted molar refractivity (Wildman–Crippen MR) is 100 cm³/mol. The fourth-order valence-corrected chi connectivity index (χ4v) is 3.35. The Labute approximate surface area is 164 Å². The van der Waals surface area contributed by atoms with Crippen molar-refractivity contribution in [3.8, 4) is 0 Å². The molecule has 0 spiro atoms. The Hall–Kier alpha value is -3.36. The molecule has 0 bridgehead atoms. The van der Waals surface area contributed by atoms with Crippen molar-refractivity contribution in [2.45, 2.75) is 31.2 Å². The van der Waals surface area contributed by atoms with Crippen molar-refractivity contribution in [2.75, 3.05) is 5.32 Å². The number of rotatable bonds is 4. The highest BCUT2D eigenvalue weighted by atomic mass is 19.4. The molecule has 2 atom stereocenters. The third-order valence-electron chi connectivity index (χ3n) is 4.78. The van der Waals surface area contributed by atoms with E-state index in [1.165, 1.54) is 6.07 Å². The molecule has 4 rings (SSSR count). The minimum Gasteiger partial charge on any atom is -0.363 e. The monoisotopic (exact) mass is 401 g/mol. The van der Waals surface area contributed by atoms with Gasteiger partial charge in [0.1, 0.15) is 5.82 Å². The molecule has 2 unspecified atom stereocenters. The molecule has 6 nitrogen and oxygen atoms in total. The van der Waals surface area contributed by atoms with Crippen LogP contribution < -0.4 is 10.6 Å². The van der Waals surface area contributed by atoms with Crippen LogP contribution in [0, 0.1) is 0 Å². The van der Waals surface area contributed by atoms with Gasteiger partial charge in [0.05, 0.1) is 18.3 Å². The summed E-state index contributed by atoms with van der Waals surface area (Å²) in [6, 6.07) is 13.2. The summed E-state index contributed by atoms with van der Waals surface area (Å²) >= 11 is 0. The highest BCUT2D eigenvalue weighted by Crippen LogP contribution is 2.43. The van der Waals surface area contributed by atoms with E-state index in [0.29, 0.717) is 5.69 Å². The topological polar surface area (TPSA) is 71.8 Å². The molecule has 3 aromatic rings. The summed E-state index contributed by atoms with van der Waals surface area (Å²) in [6.07, 6.45) is -3.10. The first-order chi connectivity index (χ1) is 13.9. The number of alkyl halides is 3. The van der Waals surface area contributed by atoms with Crippen LogP contribution >= 0.6 is 0 Å². The number of benzene rings is 1. The summed E-state index contributed by atoms with van der Waals surface area (Å²) in [7, 11) is 0.